The fourth-order valence-electron chi connectivity index (χ4n) is 2.66. The molecule has 3 heteroatoms. The smallest absolute Gasteiger partial charge is 0.165 e. The molecule has 94 valence electrons. The SMILES string of the molecule is CCC1(Cc2ccc(OC)c(F)c2)CCCN1. The normalized spacial score (nSPS) is 23.9. The molecule has 1 aromatic rings. The Morgan fingerprint density at radius 1 is 1.47 bits per heavy atom. The number of benzene rings is 1. The molecule has 2 nitrogen and oxygen atoms in total. The third kappa shape index (κ3) is 2.60. The van der Waals surface area contributed by atoms with Crippen molar-refractivity contribution >= 4 is 0 Å². The third-order valence-corrected chi connectivity index (χ3v) is 3.77. The Bertz CT molecular complexity index is 386. The second-order valence-corrected chi connectivity index (χ2v) is 4.81. The van der Waals surface area contributed by atoms with Gasteiger partial charge in [-0.2, -0.15) is 0 Å². The van der Waals surface area contributed by atoms with Gasteiger partial charge in [0.25, 0.3) is 0 Å². The van der Waals surface area contributed by atoms with Crippen molar-refractivity contribution in [2.24, 2.45) is 0 Å². The summed E-state index contributed by atoms with van der Waals surface area (Å²) in [4.78, 5) is 0. The molecule has 1 aliphatic heterocycles. The number of hydrogen-bond donors (Lipinski definition) is 1. The van der Waals surface area contributed by atoms with E-state index in [4.69, 9.17) is 4.74 Å². The van der Waals surface area contributed by atoms with Crippen molar-refractivity contribution in [1.29, 1.82) is 0 Å². The molecule has 1 saturated heterocycles. The van der Waals surface area contributed by atoms with E-state index in [9.17, 15) is 4.39 Å². The highest BCUT2D eigenvalue weighted by Gasteiger charge is 2.31. The van der Waals surface area contributed by atoms with Gasteiger partial charge in [-0.25, -0.2) is 4.39 Å². The van der Waals surface area contributed by atoms with Gasteiger partial charge in [0.1, 0.15) is 0 Å². The first-order valence-electron chi connectivity index (χ1n) is 6.26. The van der Waals surface area contributed by atoms with Gasteiger partial charge < -0.3 is 10.1 Å². The molecule has 0 amide bonds. The minimum Gasteiger partial charge on any atom is -0.494 e. The quantitative estimate of drug-likeness (QED) is 0.869. The molecule has 0 spiro atoms. The molecule has 1 unspecified atom stereocenters. The van der Waals surface area contributed by atoms with Crippen LogP contribution in [0.2, 0.25) is 0 Å². The average molecular weight is 237 g/mol. The van der Waals surface area contributed by atoms with E-state index in [2.05, 4.69) is 12.2 Å². The number of nitrogens with one attached hydrogen (secondary N) is 1. The first-order valence-corrected chi connectivity index (χ1v) is 6.26. The second-order valence-electron chi connectivity index (χ2n) is 4.81. The predicted octanol–water partition coefficient (Wildman–Crippen LogP) is 2.91. The maximum absolute atomic E-state index is 13.6. The highest BCUT2D eigenvalue weighted by Crippen LogP contribution is 2.28. The topological polar surface area (TPSA) is 21.3 Å². The van der Waals surface area contributed by atoms with E-state index in [1.54, 1.807) is 12.1 Å². The zero-order chi connectivity index (χ0) is 12.3. The summed E-state index contributed by atoms with van der Waals surface area (Å²) in [6, 6.07) is 5.26. The van der Waals surface area contributed by atoms with E-state index in [-0.39, 0.29) is 11.4 Å². The van der Waals surface area contributed by atoms with Crippen molar-refractivity contribution in [2.45, 2.75) is 38.1 Å². The molecule has 1 aliphatic rings. The highest BCUT2D eigenvalue weighted by atomic mass is 19.1. The summed E-state index contributed by atoms with van der Waals surface area (Å²) in [7, 11) is 1.49. The van der Waals surface area contributed by atoms with E-state index >= 15 is 0 Å². The van der Waals surface area contributed by atoms with Crippen LogP contribution >= 0.6 is 0 Å². The van der Waals surface area contributed by atoms with Crippen LogP contribution in [-0.2, 0) is 6.42 Å². The van der Waals surface area contributed by atoms with Crippen LogP contribution < -0.4 is 10.1 Å². The Hall–Kier alpha value is -1.09. The summed E-state index contributed by atoms with van der Waals surface area (Å²) in [5.41, 5.74) is 1.21. The number of rotatable bonds is 4. The molecule has 0 bridgehead atoms. The molecule has 17 heavy (non-hydrogen) atoms. The van der Waals surface area contributed by atoms with Crippen molar-refractivity contribution in [3.8, 4) is 5.75 Å². The lowest BCUT2D eigenvalue weighted by Gasteiger charge is -2.28. The van der Waals surface area contributed by atoms with Gasteiger partial charge in [0.05, 0.1) is 7.11 Å². The maximum atomic E-state index is 13.6. The Morgan fingerprint density at radius 2 is 2.29 bits per heavy atom. The molecule has 0 radical (unpaired) electrons. The zero-order valence-corrected chi connectivity index (χ0v) is 10.6. The predicted molar refractivity (Wildman–Crippen MR) is 66.9 cm³/mol. The van der Waals surface area contributed by atoms with Gasteiger partial charge in [0, 0.05) is 5.54 Å². The molecule has 1 fully saturated rings. The van der Waals surface area contributed by atoms with Crippen LogP contribution in [0.3, 0.4) is 0 Å². The van der Waals surface area contributed by atoms with Gasteiger partial charge in [0.2, 0.25) is 0 Å². The minimum atomic E-state index is -0.269. The minimum absolute atomic E-state index is 0.168. The Kier molecular flexibility index (Phi) is 3.67. The zero-order valence-electron chi connectivity index (χ0n) is 10.6. The van der Waals surface area contributed by atoms with Crippen LogP contribution in [0.1, 0.15) is 31.7 Å². The standard InChI is InChI=1S/C14H20FNO/c1-3-14(7-4-8-16-14)10-11-5-6-13(17-2)12(15)9-11/h5-6,9,16H,3-4,7-8,10H2,1-2H3. The monoisotopic (exact) mass is 237 g/mol. The van der Waals surface area contributed by atoms with Crippen molar-refractivity contribution in [3.63, 3.8) is 0 Å². The van der Waals surface area contributed by atoms with E-state index in [0.29, 0.717) is 5.75 Å². The third-order valence-electron chi connectivity index (χ3n) is 3.77. The van der Waals surface area contributed by atoms with Gasteiger partial charge in [-0.1, -0.05) is 13.0 Å². The summed E-state index contributed by atoms with van der Waals surface area (Å²) < 4.78 is 18.5. The summed E-state index contributed by atoms with van der Waals surface area (Å²) >= 11 is 0. The van der Waals surface area contributed by atoms with Crippen LogP contribution in [0.4, 0.5) is 4.39 Å². The first kappa shape index (κ1) is 12.4. The molecular weight excluding hydrogens is 217 g/mol. The second kappa shape index (κ2) is 5.05. The maximum Gasteiger partial charge on any atom is 0.165 e. The number of ether oxygens (including phenoxy) is 1. The Labute approximate surface area is 102 Å². The van der Waals surface area contributed by atoms with Crippen molar-refractivity contribution in [3.05, 3.63) is 29.6 Å². The highest BCUT2D eigenvalue weighted by molar-refractivity contribution is 5.30. The molecule has 1 heterocycles. The molecule has 0 aliphatic carbocycles. The average Bonchev–Trinajstić information content (AvgIpc) is 2.79. The van der Waals surface area contributed by atoms with Crippen molar-refractivity contribution < 1.29 is 9.13 Å². The molecule has 1 aromatic carbocycles. The van der Waals surface area contributed by atoms with Gasteiger partial charge >= 0.3 is 0 Å². The lowest BCUT2D eigenvalue weighted by molar-refractivity contribution is 0.357. The summed E-state index contributed by atoms with van der Waals surface area (Å²) in [5, 5.41) is 3.56. The lowest BCUT2D eigenvalue weighted by atomic mass is 9.87. The summed E-state index contributed by atoms with van der Waals surface area (Å²) in [5.74, 6) is 0.0490. The van der Waals surface area contributed by atoms with Crippen LogP contribution in [0, 0.1) is 5.82 Å². The van der Waals surface area contributed by atoms with Crippen LogP contribution in [0.5, 0.6) is 5.75 Å². The van der Waals surface area contributed by atoms with Crippen LogP contribution in [-0.4, -0.2) is 19.2 Å². The van der Waals surface area contributed by atoms with Gasteiger partial charge in [-0.3, -0.25) is 0 Å². The van der Waals surface area contributed by atoms with Crippen LogP contribution in [0.25, 0.3) is 0 Å². The van der Waals surface area contributed by atoms with Crippen molar-refractivity contribution in [1.82, 2.24) is 5.32 Å². The lowest BCUT2D eigenvalue weighted by Crippen LogP contribution is -2.41. The fourth-order valence-corrected chi connectivity index (χ4v) is 2.66. The molecule has 1 N–H and O–H groups in total. The van der Waals surface area contributed by atoms with E-state index in [0.717, 1.165) is 24.9 Å². The molecule has 2 rings (SSSR count). The van der Waals surface area contributed by atoms with Gasteiger partial charge in [-0.05, 0) is 49.9 Å². The largest absolute Gasteiger partial charge is 0.494 e. The molecule has 1 atom stereocenters. The fraction of sp³-hybridized carbons (Fsp3) is 0.571. The molecular formula is C14H20FNO. The van der Waals surface area contributed by atoms with Crippen LogP contribution in [0.15, 0.2) is 18.2 Å². The number of halogens is 1. The van der Waals surface area contributed by atoms with Gasteiger partial charge in [0.15, 0.2) is 11.6 Å². The van der Waals surface area contributed by atoms with E-state index in [1.165, 1.54) is 20.0 Å². The van der Waals surface area contributed by atoms with Crippen molar-refractivity contribution in [2.75, 3.05) is 13.7 Å². The first-order chi connectivity index (χ1) is 8.19. The van der Waals surface area contributed by atoms with Gasteiger partial charge in [-0.15, -0.1) is 0 Å². The summed E-state index contributed by atoms with van der Waals surface area (Å²) in [6.45, 7) is 3.27. The Morgan fingerprint density at radius 3 is 2.82 bits per heavy atom. The number of hydrogen-bond acceptors (Lipinski definition) is 2. The molecule has 0 aromatic heterocycles. The van der Waals surface area contributed by atoms with E-state index in [1.807, 2.05) is 6.07 Å². The molecule has 0 saturated carbocycles. The number of methoxy groups -OCH3 is 1. The van der Waals surface area contributed by atoms with E-state index < -0.39 is 0 Å². The Balaban J connectivity index is 2.15. The summed E-state index contributed by atoms with van der Waals surface area (Å²) in [6.07, 6.45) is 4.37.